The summed E-state index contributed by atoms with van der Waals surface area (Å²) in [5.74, 6) is 3.99. The molecule has 3 rings (SSSR count). The van der Waals surface area contributed by atoms with E-state index in [1.165, 1.54) is 76.2 Å². The first-order valence-corrected chi connectivity index (χ1v) is 9.98. The first-order chi connectivity index (χ1) is 11.3. The average Bonchev–Trinajstić information content (AvgIpc) is 2.97. The van der Waals surface area contributed by atoms with Crippen molar-refractivity contribution in [2.24, 2.45) is 17.8 Å². The lowest BCUT2D eigenvalue weighted by atomic mass is 9.73. The molecule has 0 aliphatic heterocycles. The molecule has 0 bridgehead atoms. The van der Waals surface area contributed by atoms with Gasteiger partial charge in [0.05, 0.1) is 7.11 Å². The van der Waals surface area contributed by atoms with Crippen LogP contribution in [-0.2, 0) is 12.8 Å². The van der Waals surface area contributed by atoms with Gasteiger partial charge in [0.25, 0.3) is 0 Å². The monoisotopic (exact) mass is 314 g/mol. The number of fused-ring (bicyclic) bond motifs is 2. The summed E-state index contributed by atoms with van der Waals surface area (Å²) in [6.07, 6.45) is 15.6. The molecule has 2 aliphatic carbocycles. The Morgan fingerprint density at radius 1 is 1.00 bits per heavy atom. The first kappa shape index (κ1) is 16.9. The third-order valence-corrected chi connectivity index (χ3v) is 6.42. The highest BCUT2D eigenvalue weighted by Crippen LogP contribution is 2.48. The van der Waals surface area contributed by atoms with Crippen LogP contribution in [0, 0.1) is 17.8 Å². The molecule has 0 amide bonds. The van der Waals surface area contributed by atoms with Crippen LogP contribution in [0.25, 0.3) is 0 Å². The van der Waals surface area contributed by atoms with Crippen molar-refractivity contribution in [3.63, 3.8) is 0 Å². The lowest BCUT2D eigenvalue weighted by molar-refractivity contribution is 0.270. The van der Waals surface area contributed by atoms with Crippen molar-refractivity contribution in [1.29, 1.82) is 0 Å². The van der Waals surface area contributed by atoms with E-state index in [0.29, 0.717) is 0 Å². The summed E-state index contributed by atoms with van der Waals surface area (Å²) >= 11 is 0. The highest BCUT2D eigenvalue weighted by molar-refractivity contribution is 5.42. The average molecular weight is 315 g/mol. The van der Waals surface area contributed by atoms with E-state index in [4.69, 9.17) is 4.74 Å². The Hall–Kier alpha value is -0.980. The van der Waals surface area contributed by atoms with Gasteiger partial charge in [-0.2, -0.15) is 0 Å². The number of benzene rings is 1. The molecule has 0 aromatic heterocycles. The Morgan fingerprint density at radius 3 is 2.65 bits per heavy atom. The molecule has 1 aromatic rings. The van der Waals surface area contributed by atoms with Crippen molar-refractivity contribution in [2.45, 2.75) is 77.6 Å². The zero-order valence-corrected chi connectivity index (χ0v) is 15.2. The Bertz CT molecular complexity index is 493. The Kier molecular flexibility index (Phi) is 6.02. The molecule has 1 nitrogen and oxygen atoms in total. The zero-order chi connectivity index (χ0) is 16.1. The minimum atomic E-state index is 0.920. The number of hydrogen-bond donors (Lipinski definition) is 0. The quantitative estimate of drug-likeness (QED) is 0.520. The number of rotatable bonds is 8. The minimum Gasteiger partial charge on any atom is -0.496 e. The van der Waals surface area contributed by atoms with Crippen LogP contribution in [0.4, 0.5) is 0 Å². The molecule has 2 unspecified atom stereocenters. The second-order valence-electron chi connectivity index (χ2n) is 7.82. The van der Waals surface area contributed by atoms with E-state index >= 15 is 0 Å². The number of unbranched alkanes of at least 4 members (excludes halogenated alkanes) is 5. The highest BCUT2D eigenvalue weighted by Gasteiger charge is 2.39. The smallest absolute Gasteiger partial charge is 0.122 e. The van der Waals surface area contributed by atoms with Crippen molar-refractivity contribution in [1.82, 2.24) is 0 Å². The van der Waals surface area contributed by atoms with Crippen LogP contribution in [0.3, 0.4) is 0 Å². The Balaban J connectivity index is 1.53. The highest BCUT2D eigenvalue weighted by atomic mass is 16.5. The molecule has 0 heterocycles. The molecule has 0 saturated heterocycles. The largest absolute Gasteiger partial charge is 0.496 e. The molecule has 3 atom stereocenters. The van der Waals surface area contributed by atoms with E-state index in [1.807, 2.05) is 7.11 Å². The Labute approximate surface area is 142 Å². The van der Waals surface area contributed by atoms with Crippen molar-refractivity contribution in [2.75, 3.05) is 7.11 Å². The fraction of sp³-hybridized carbons (Fsp3) is 0.727. The van der Waals surface area contributed by atoms with Gasteiger partial charge >= 0.3 is 0 Å². The maximum absolute atomic E-state index is 5.60. The van der Waals surface area contributed by atoms with Gasteiger partial charge in [-0.1, -0.05) is 64.0 Å². The van der Waals surface area contributed by atoms with Crippen LogP contribution in [0.1, 0.15) is 75.8 Å². The van der Waals surface area contributed by atoms with Crippen LogP contribution in [0.15, 0.2) is 18.2 Å². The fourth-order valence-corrected chi connectivity index (χ4v) is 5.11. The van der Waals surface area contributed by atoms with Crippen molar-refractivity contribution >= 4 is 0 Å². The molecule has 0 spiro atoms. The summed E-state index contributed by atoms with van der Waals surface area (Å²) in [6, 6.07) is 6.66. The van der Waals surface area contributed by atoms with E-state index in [-0.39, 0.29) is 0 Å². The second-order valence-corrected chi connectivity index (χ2v) is 7.82. The summed E-state index contributed by atoms with van der Waals surface area (Å²) in [5, 5.41) is 0. The van der Waals surface area contributed by atoms with Gasteiger partial charge in [-0.25, -0.2) is 0 Å². The molecule has 2 aliphatic rings. The molecule has 1 aromatic carbocycles. The summed E-state index contributed by atoms with van der Waals surface area (Å²) in [7, 11) is 1.82. The van der Waals surface area contributed by atoms with E-state index in [2.05, 4.69) is 25.1 Å². The fourth-order valence-electron chi connectivity index (χ4n) is 5.11. The zero-order valence-electron chi connectivity index (χ0n) is 15.2. The van der Waals surface area contributed by atoms with Crippen LogP contribution < -0.4 is 4.74 Å². The molecular weight excluding hydrogens is 280 g/mol. The van der Waals surface area contributed by atoms with Crippen molar-refractivity contribution in [3.8, 4) is 5.75 Å². The third-order valence-electron chi connectivity index (χ3n) is 6.42. The topological polar surface area (TPSA) is 9.23 Å². The SMILES string of the molecule is CCCCCCCCC1CC[C@@H]2Cc3c(cccc3OC)CC12. The van der Waals surface area contributed by atoms with Gasteiger partial charge < -0.3 is 4.74 Å². The molecule has 0 N–H and O–H groups in total. The summed E-state index contributed by atoms with van der Waals surface area (Å²) in [6.45, 7) is 2.30. The molecule has 1 fully saturated rings. The summed E-state index contributed by atoms with van der Waals surface area (Å²) in [5.41, 5.74) is 3.08. The third kappa shape index (κ3) is 3.92. The molecule has 128 valence electrons. The molecule has 0 radical (unpaired) electrons. The van der Waals surface area contributed by atoms with Crippen LogP contribution in [-0.4, -0.2) is 7.11 Å². The lowest BCUT2D eigenvalue weighted by Gasteiger charge is -2.32. The van der Waals surface area contributed by atoms with Gasteiger partial charge in [0.15, 0.2) is 0 Å². The van der Waals surface area contributed by atoms with Crippen molar-refractivity contribution in [3.05, 3.63) is 29.3 Å². The van der Waals surface area contributed by atoms with Gasteiger partial charge in [-0.05, 0) is 60.6 Å². The first-order valence-electron chi connectivity index (χ1n) is 9.98. The van der Waals surface area contributed by atoms with Crippen LogP contribution in [0.2, 0.25) is 0 Å². The molecular formula is C22H34O. The van der Waals surface area contributed by atoms with Crippen LogP contribution in [0.5, 0.6) is 5.75 Å². The van der Waals surface area contributed by atoms with Gasteiger partial charge in [0.1, 0.15) is 5.75 Å². The van der Waals surface area contributed by atoms with Gasteiger partial charge in [-0.3, -0.25) is 0 Å². The molecule has 1 saturated carbocycles. The van der Waals surface area contributed by atoms with E-state index in [0.717, 1.165) is 23.5 Å². The van der Waals surface area contributed by atoms with Gasteiger partial charge in [0.2, 0.25) is 0 Å². The van der Waals surface area contributed by atoms with E-state index in [1.54, 1.807) is 5.56 Å². The van der Waals surface area contributed by atoms with E-state index in [9.17, 15) is 0 Å². The number of ether oxygens (including phenoxy) is 1. The van der Waals surface area contributed by atoms with Gasteiger partial charge in [-0.15, -0.1) is 0 Å². The van der Waals surface area contributed by atoms with Crippen LogP contribution >= 0.6 is 0 Å². The number of hydrogen-bond acceptors (Lipinski definition) is 1. The maximum atomic E-state index is 5.60. The molecule has 1 heteroatoms. The van der Waals surface area contributed by atoms with E-state index < -0.39 is 0 Å². The predicted octanol–water partition coefficient (Wildman–Crippen LogP) is 6.19. The predicted molar refractivity (Wildman–Crippen MR) is 98.1 cm³/mol. The maximum Gasteiger partial charge on any atom is 0.122 e. The standard InChI is InChI=1S/C22H34O/c1-3-4-5-6-7-8-10-17-13-14-19-16-21-18(15-20(17)19)11-9-12-22(21)23-2/h9,11-12,17,19-20H,3-8,10,13-16H2,1-2H3/t17?,19-,20?/m1/s1. The summed E-state index contributed by atoms with van der Waals surface area (Å²) in [4.78, 5) is 0. The normalized spacial score (nSPS) is 25.9. The Morgan fingerprint density at radius 2 is 1.83 bits per heavy atom. The molecule has 23 heavy (non-hydrogen) atoms. The lowest BCUT2D eigenvalue weighted by Crippen LogP contribution is -2.25. The van der Waals surface area contributed by atoms with Crippen molar-refractivity contribution < 1.29 is 4.74 Å². The summed E-state index contributed by atoms with van der Waals surface area (Å²) < 4.78 is 5.60. The second kappa shape index (κ2) is 8.22. The van der Waals surface area contributed by atoms with Gasteiger partial charge in [0, 0.05) is 0 Å². The minimum absolute atomic E-state index is 0.920. The number of methoxy groups -OCH3 is 1.